The van der Waals surface area contributed by atoms with Crippen molar-refractivity contribution in [3.05, 3.63) is 47.6 Å². The Balaban J connectivity index is 1.37. The van der Waals surface area contributed by atoms with Crippen LogP contribution in [0.4, 0.5) is 11.5 Å². The molecule has 1 saturated heterocycles. The number of nitrogens with one attached hydrogen (secondary N) is 3. The van der Waals surface area contributed by atoms with Crippen molar-refractivity contribution in [2.75, 3.05) is 50.6 Å². The molecule has 162 valence electrons. The number of guanidine groups is 1. The van der Waals surface area contributed by atoms with E-state index in [9.17, 15) is 0 Å². The second kappa shape index (κ2) is 11.5. The van der Waals surface area contributed by atoms with Gasteiger partial charge in [0.2, 0.25) is 0 Å². The number of methoxy groups -OCH3 is 1. The van der Waals surface area contributed by atoms with E-state index < -0.39 is 0 Å². The van der Waals surface area contributed by atoms with E-state index in [2.05, 4.69) is 30.8 Å². The molecule has 8 heteroatoms. The van der Waals surface area contributed by atoms with Crippen LogP contribution in [-0.2, 0) is 0 Å². The van der Waals surface area contributed by atoms with Crippen molar-refractivity contribution in [1.82, 2.24) is 15.6 Å². The third kappa shape index (κ3) is 6.42. The molecule has 1 aromatic carbocycles. The van der Waals surface area contributed by atoms with Crippen LogP contribution in [0, 0.1) is 0 Å². The average Bonchev–Trinajstić information content (AvgIpc) is 3.24. The number of ether oxygens (including phenoxy) is 1. The molecule has 1 aliphatic heterocycles. The van der Waals surface area contributed by atoms with Gasteiger partial charge in [-0.25, -0.2) is 4.98 Å². The summed E-state index contributed by atoms with van der Waals surface area (Å²) in [4.78, 5) is 10.9. The lowest BCUT2D eigenvalue weighted by atomic mass is 10.2. The third-order valence-electron chi connectivity index (χ3n) is 5.10. The molecule has 0 radical (unpaired) electrons. The van der Waals surface area contributed by atoms with Crippen molar-refractivity contribution >= 4 is 29.1 Å². The number of benzene rings is 1. The number of halogens is 1. The monoisotopic (exact) mass is 430 g/mol. The van der Waals surface area contributed by atoms with Crippen LogP contribution in [0.5, 0.6) is 5.75 Å². The van der Waals surface area contributed by atoms with Crippen molar-refractivity contribution in [2.45, 2.75) is 25.3 Å². The summed E-state index contributed by atoms with van der Waals surface area (Å²) >= 11 is 6.19. The van der Waals surface area contributed by atoms with E-state index in [0.717, 1.165) is 73.7 Å². The van der Waals surface area contributed by atoms with Gasteiger partial charge >= 0.3 is 0 Å². The first kappa shape index (κ1) is 22.0. The molecular formula is C22H31ClN6O. The maximum absolute atomic E-state index is 6.19. The highest BCUT2D eigenvalue weighted by molar-refractivity contribution is 6.30. The number of hydrogen-bond acceptors (Lipinski definition) is 5. The van der Waals surface area contributed by atoms with Crippen LogP contribution >= 0.6 is 11.6 Å². The van der Waals surface area contributed by atoms with E-state index >= 15 is 0 Å². The van der Waals surface area contributed by atoms with Crippen molar-refractivity contribution in [3.8, 4) is 5.75 Å². The molecule has 3 N–H and O–H groups in total. The first-order chi connectivity index (χ1) is 14.7. The number of pyridine rings is 1. The molecule has 7 nitrogen and oxygen atoms in total. The lowest BCUT2D eigenvalue weighted by Crippen LogP contribution is -2.44. The average molecular weight is 431 g/mol. The summed E-state index contributed by atoms with van der Waals surface area (Å²) in [6.07, 6.45) is 4.94. The molecule has 2 heterocycles. The van der Waals surface area contributed by atoms with Crippen molar-refractivity contribution in [2.24, 2.45) is 4.99 Å². The van der Waals surface area contributed by atoms with Crippen LogP contribution < -0.4 is 25.6 Å². The van der Waals surface area contributed by atoms with Crippen molar-refractivity contribution in [1.29, 1.82) is 0 Å². The molecule has 0 amide bonds. The van der Waals surface area contributed by atoms with Crippen LogP contribution in [0.25, 0.3) is 0 Å². The van der Waals surface area contributed by atoms with E-state index in [-0.39, 0.29) is 0 Å². The molecule has 1 atom stereocenters. The standard InChI is InChI=1S/C22H31ClN6O/c1-24-22(27-13-6-5-12-26-21-7-3-4-11-25-21)28-18-10-14-29(16-18)19-15-17(23)8-9-20(19)30-2/h3-4,7-9,11,15,18H,5-6,10,12-14,16H2,1-2H3,(H,25,26)(H2,24,27,28). The van der Waals surface area contributed by atoms with Crippen LogP contribution in [0.15, 0.2) is 47.6 Å². The van der Waals surface area contributed by atoms with Gasteiger partial charge < -0.3 is 25.6 Å². The number of hydrogen-bond donors (Lipinski definition) is 3. The maximum Gasteiger partial charge on any atom is 0.191 e. The maximum atomic E-state index is 6.19. The van der Waals surface area contributed by atoms with Crippen molar-refractivity contribution in [3.63, 3.8) is 0 Å². The fraction of sp³-hybridized carbons (Fsp3) is 0.455. The Morgan fingerprint density at radius 3 is 2.90 bits per heavy atom. The largest absolute Gasteiger partial charge is 0.495 e. The first-order valence-electron chi connectivity index (χ1n) is 10.4. The zero-order valence-electron chi connectivity index (χ0n) is 17.7. The smallest absolute Gasteiger partial charge is 0.191 e. The fourth-order valence-electron chi connectivity index (χ4n) is 3.54. The molecule has 1 unspecified atom stereocenters. The topological polar surface area (TPSA) is 73.8 Å². The van der Waals surface area contributed by atoms with E-state index in [1.807, 2.05) is 43.4 Å². The Morgan fingerprint density at radius 1 is 1.27 bits per heavy atom. The van der Waals surface area contributed by atoms with Gasteiger partial charge in [0.25, 0.3) is 0 Å². The van der Waals surface area contributed by atoms with Crippen LogP contribution in [0.2, 0.25) is 5.02 Å². The molecule has 1 fully saturated rings. The quantitative estimate of drug-likeness (QED) is 0.322. The zero-order valence-corrected chi connectivity index (χ0v) is 18.5. The normalized spacial score (nSPS) is 16.4. The Kier molecular flexibility index (Phi) is 8.44. The highest BCUT2D eigenvalue weighted by Gasteiger charge is 2.25. The van der Waals surface area contributed by atoms with Gasteiger partial charge in [-0.1, -0.05) is 17.7 Å². The number of aromatic nitrogens is 1. The van der Waals surface area contributed by atoms with Gasteiger partial charge in [-0.15, -0.1) is 0 Å². The molecule has 0 aliphatic carbocycles. The van der Waals surface area contributed by atoms with Gasteiger partial charge in [0.15, 0.2) is 5.96 Å². The van der Waals surface area contributed by atoms with E-state index in [1.165, 1.54) is 0 Å². The number of rotatable bonds is 9. The molecule has 1 aliphatic rings. The second-order valence-electron chi connectivity index (χ2n) is 7.24. The number of unbranched alkanes of at least 4 members (excludes halogenated alkanes) is 1. The molecule has 30 heavy (non-hydrogen) atoms. The fourth-order valence-corrected chi connectivity index (χ4v) is 3.70. The van der Waals surface area contributed by atoms with E-state index in [4.69, 9.17) is 16.3 Å². The summed E-state index contributed by atoms with van der Waals surface area (Å²) in [7, 11) is 3.50. The summed E-state index contributed by atoms with van der Waals surface area (Å²) in [5, 5.41) is 11.0. The molecule has 2 aromatic rings. The van der Waals surface area contributed by atoms with Crippen LogP contribution in [-0.4, -0.2) is 57.3 Å². The zero-order chi connectivity index (χ0) is 21.2. The van der Waals surface area contributed by atoms with Gasteiger partial charge in [-0.3, -0.25) is 4.99 Å². The summed E-state index contributed by atoms with van der Waals surface area (Å²) in [5.41, 5.74) is 1.04. The lowest BCUT2D eigenvalue weighted by Gasteiger charge is -2.22. The van der Waals surface area contributed by atoms with Gasteiger partial charge in [0, 0.05) is 50.5 Å². The number of aliphatic imine (C=N–C) groups is 1. The number of anilines is 2. The SMILES string of the molecule is CN=C(NCCCCNc1ccccn1)NC1CCN(c2cc(Cl)ccc2OC)C1. The van der Waals surface area contributed by atoms with Crippen molar-refractivity contribution < 1.29 is 4.74 Å². The summed E-state index contributed by atoms with van der Waals surface area (Å²) in [5.74, 6) is 2.62. The minimum atomic E-state index is 0.325. The molecule has 0 saturated carbocycles. The van der Waals surface area contributed by atoms with Gasteiger partial charge in [-0.2, -0.15) is 0 Å². The summed E-state index contributed by atoms with van der Waals surface area (Å²) < 4.78 is 5.50. The number of nitrogens with zero attached hydrogens (tertiary/aromatic N) is 3. The van der Waals surface area contributed by atoms with Gasteiger partial charge in [0.05, 0.1) is 12.8 Å². The predicted octanol–water partition coefficient (Wildman–Crippen LogP) is 3.38. The lowest BCUT2D eigenvalue weighted by molar-refractivity contribution is 0.415. The molecule has 3 rings (SSSR count). The Bertz CT molecular complexity index is 817. The Labute approximate surface area is 183 Å². The summed E-state index contributed by atoms with van der Waals surface area (Å²) in [6, 6.07) is 11.9. The molecule has 0 bridgehead atoms. The molecule has 1 aromatic heterocycles. The first-order valence-corrected chi connectivity index (χ1v) is 10.8. The Hall–Kier alpha value is -2.67. The highest BCUT2D eigenvalue weighted by Crippen LogP contribution is 2.33. The minimum absolute atomic E-state index is 0.325. The van der Waals surface area contributed by atoms with Gasteiger partial charge in [0.1, 0.15) is 11.6 Å². The summed E-state index contributed by atoms with van der Waals surface area (Å²) in [6.45, 7) is 3.61. The molecule has 0 spiro atoms. The predicted molar refractivity (Wildman–Crippen MR) is 125 cm³/mol. The molecular weight excluding hydrogens is 400 g/mol. The van der Waals surface area contributed by atoms with E-state index in [1.54, 1.807) is 13.3 Å². The van der Waals surface area contributed by atoms with Gasteiger partial charge in [-0.05, 0) is 49.6 Å². The van der Waals surface area contributed by atoms with Crippen LogP contribution in [0.1, 0.15) is 19.3 Å². The minimum Gasteiger partial charge on any atom is -0.495 e. The highest BCUT2D eigenvalue weighted by atomic mass is 35.5. The Morgan fingerprint density at radius 2 is 2.13 bits per heavy atom. The third-order valence-corrected chi connectivity index (χ3v) is 5.34. The van der Waals surface area contributed by atoms with E-state index in [0.29, 0.717) is 6.04 Å². The second-order valence-corrected chi connectivity index (χ2v) is 7.68. The van der Waals surface area contributed by atoms with Crippen LogP contribution in [0.3, 0.4) is 0 Å².